The summed E-state index contributed by atoms with van der Waals surface area (Å²) < 4.78 is 6.72. The Morgan fingerprint density at radius 3 is 2.90 bits per heavy atom. The molecule has 1 amide bonds. The fourth-order valence-corrected chi connectivity index (χ4v) is 2.22. The van der Waals surface area contributed by atoms with E-state index in [2.05, 4.69) is 11.2 Å². The Kier molecular flexibility index (Phi) is 4.90. The Hall–Kier alpha value is -2.39. The molecule has 0 aliphatic carbocycles. The van der Waals surface area contributed by atoms with Crippen molar-refractivity contribution in [2.75, 3.05) is 26.8 Å². The van der Waals surface area contributed by atoms with Gasteiger partial charge in [0.2, 0.25) is 0 Å². The molecule has 1 heterocycles. The van der Waals surface area contributed by atoms with Gasteiger partial charge in [0.05, 0.1) is 24.6 Å². The summed E-state index contributed by atoms with van der Waals surface area (Å²) in [6, 6.07) is 9.67. The lowest BCUT2D eigenvalue weighted by Crippen LogP contribution is -2.35. The number of carbonyl (C=O) groups is 1. The summed E-state index contributed by atoms with van der Waals surface area (Å²) in [6.45, 7) is 1.26. The second kappa shape index (κ2) is 6.86. The minimum atomic E-state index is -0.167. The minimum absolute atomic E-state index is 0.167. The molecule has 110 valence electrons. The lowest BCUT2D eigenvalue weighted by atomic mass is 10.2. The second-order valence-electron chi connectivity index (χ2n) is 4.68. The predicted octanol–water partition coefficient (Wildman–Crippen LogP) is 1.58. The number of carbonyl (C=O) groups excluding carboxylic acids is 1. The maximum atomic E-state index is 12.7. The molecule has 6 heteroatoms. The molecule has 0 spiro atoms. The van der Waals surface area contributed by atoms with E-state index >= 15 is 0 Å². The number of benzene rings is 1. The highest BCUT2D eigenvalue weighted by molar-refractivity contribution is 6.04. The van der Waals surface area contributed by atoms with Gasteiger partial charge in [0, 0.05) is 32.6 Å². The first kappa shape index (κ1) is 15.0. The number of fused-ring (bicyclic) bond motifs is 1. The molecule has 0 unspecified atom stereocenters. The third-order valence-corrected chi connectivity index (χ3v) is 3.31. The highest BCUT2D eigenvalue weighted by Gasteiger charge is 2.21. The predicted molar refractivity (Wildman–Crippen MR) is 78.7 cm³/mol. The van der Waals surface area contributed by atoms with Gasteiger partial charge in [0.15, 0.2) is 5.69 Å². The molecule has 0 aliphatic heterocycles. The molecule has 2 aromatic rings. The molecule has 0 saturated carbocycles. The third kappa shape index (κ3) is 3.20. The van der Waals surface area contributed by atoms with Crippen LogP contribution in [0, 0.1) is 11.3 Å². The van der Waals surface area contributed by atoms with E-state index in [9.17, 15) is 4.79 Å². The van der Waals surface area contributed by atoms with Crippen LogP contribution in [0.1, 0.15) is 16.9 Å². The number of aromatic nitrogens is 2. The van der Waals surface area contributed by atoms with E-state index in [1.807, 2.05) is 31.3 Å². The van der Waals surface area contributed by atoms with Crippen LogP contribution >= 0.6 is 0 Å². The van der Waals surface area contributed by atoms with Crippen molar-refractivity contribution in [3.05, 3.63) is 30.0 Å². The van der Waals surface area contributed by atoms with Gasteiger partial charge in [-0.3, -0.25) is 9.48 Å². The summed E-state index contributed by atoms with van der Waals surface area (Å²) in [6.07, 6.45) is 0.292. The molecule has 1 aromatic heterocycles. The molecule has 0 fully saturated rings. The van der Waals surface area contributed by atoms with Crippen molar-refractivity contribution < 1.29 is 9.53 Å². The Balaban J connectivity index is 2.31. The quantitative estimate of drug-likeness (QED) is 0.808. The maximum absolute atomic E-state index is 12.7. The number of aryl methyl sites for hydroxylation is 1. The molecule has 0 N–H and O–H groups in total. The van der Waals surface area contributed by atoms with Crippen LogP contribution in [-0.2, 0) is 11.8 Å². The van der Waals surface area contributed by atoms with Crippen molar-refractivity contribution in [1.82, 2.24) is 14.7 Å². The summed E-state index contributed by atoms with van der Waals surface area (Å²) in [7, 11) is 3.40. The Morgan fingerprint density at radius 2 is 2.19 bits per heavy atom. The van der Waals surface area contributed by atoms with Crippen LogP contribution in [0.25, 0.3) is 10.9 Å². The molecule has 0 saturated heterocycles. The summed E-state index contributed by atoms with van der Waals surface area (Å²) in [4.78, 5) is 14.3. The van der Waals surface area contributed by atoms with Crippen LogP contribution in [-0.4, -0.2) is 47.4 Å². The standard InChI is InChI=1S/C15H18N4O2/c1-18-13-7-4-3-6-12(13)14(17-18)15(20)19(9-5-8-16)10-11-21-2/h3-4,6-7H,5,9-11H2,1-2H3. The molecular formula is C15H18N4O2. The van der Waals surface area contributed by atoms with Gasteiger partial charge in [0.1, 0.15) is 0 Å². The van der Waals surface area contributed by atoms with Crippen LogP contribution in [0.5, 0.6) is 0 Å². The van der Waals surface area contributed by atoms with Crippen molar-refractivity contribution in [3.63, 3.8) is 0 Å². The zero-order valence-corrected chi connectivity index (χ0v) is 12.2. The van der Waals surface area contributed by atoms with Crippen LogP contribution in [0.15, 0.2) is 24.3 Å². The summed E-state index contributed by atoms with van der Waals surface area (Å²) >= 11 is 0. The molecule has 1 aromatic carbocycles. The maximum Gasteiger partial charge on any atom is 0.275 e. The van der Waals surface area contributed by atoms with Crippen LogP contribution in [0.3, 0.4) is 0 Å². The fraction of sp³-hybridized carbons (Fsp3) is 0.400. The average Bonchev–Trinajstić information content (AvgIpc) is 2.84. The number of methoxy groups -OCH3 is 1. The van der Waals surface area contributed by atoms with Gasteiger partial charge in [-0.25, -0.2) is 0 Å². The molecule has 0 bridgehead atoms. The Labute approximate surface area is 123 Å². The average molecular weight is 286 g/mol. The SMILES string of the molecule is COCCN(CCC#N)C(=O)c1nn(C)c2ccccc12. The van der Waals surface area contributed by atoms with E-state index < -0.39 is 0 Å². The lowest BCUT2D eigenvalue weighted by Gasteiger charge is -2.20. The number of amides is 1. The zero-order valence-electron chi connectivity index (χ0n) is 12.2. The number of ether oxygens (including phenoxy) is 1. The summed E-state index contributed by atoms with van der Waals surface area (Å²) in [5.41, 5.74) is 1.33. The van der Waals surface area contributed by atoms with Crippen molar-refractivity contribution in [2.24, 2.45) is 7.05 Å². The van der Waals surface area contributed by atoms with E-state index in [1.54, 1.807) is 16.7 Å². The monoisotopic (exact) mass is 286 g/mol. The first-order valence-corrected chi connectivity index (χ1v) is 6.76. The van der Waals surface area contributed by atoms with Gasteiger partial charge in [-0.1, -0.05) is 18.2 Å². The molecule has 0 aliphatic rings. The van der Waals surface area contributed by atoms with E-state index in [1.165, 1.54) is 0 Å². The van der Waals surface area contributed by atoms with Crippen LogP contribution in [0.4, 0.5) is 0 Å². The minimum Gasteiger partial charge on any atom is -0.383 e. The number of hydrogen-bond donors (Lipinski definition) is 0. The highest BCUT2D eigenvalue weighted by atomic mass is 16.5. The van der Waals surface area contributed by atoms with Crippen LogP contribution in [0.2, 0.25) is 0 Å². The van der Waals surface area contributed by atoms with E-state index in [0.29, 0.717) is 31.8 Å². The van der Waals surface area contributed by atoms with Gasteiger partial charge in [-0.05, 0) is 6.07 Å². The number of nitriles is 1. The smallest absolute Gasteiger partial charge is 0.275 e. The van der Waals surface area contributed by atoms with Gasteiger partial charge in [-0.2, -0.15) is 10.4 Å². The normalized spacial score (nSPS) is 10.5. The third-order valence-electron chi connectivity index (χ3n) is 3.31. The number of para-hydroxylation sites is 1. The highest BCUT2D eigenvalue weighted by Crippen LogP contribution is 2.19. The molecule has 0 atom stereocenters. The van der Waals surface area contributed by atoms with Crippen LogP contribution < -0.4 is 0 Å². The summed E-state index contributed by atoms with van der Waals surface area (Å²) in [5.74, 6) is -0.167. The molecule has 21 heavy (non-hydrogen) atoms. The summed E-state index contributed by atoms with van der Waals surface area (Å²) in [5, 5.41) is 13.9. The second-order valence-corrected chi connectivity index (χ2v) is 4.68. The first-order valence-electron chi connectivity index (χ1n) is 6.76. The van der Waals surface area contributed by atoms with Crippen molar-refractivity contribution in [2.45, 2.75) is 6.42 Å². The first-order chi connectivity index (χ1) is 10.2. The van der Waals surface area contributed by atoms with E-state index in [0.717, 1.165) is 10.9 Å². The molecule has 0 radical (unpaired) electrons. The fourth-order valence-electron chi connectivity index (χ4n) is 2.22. The number of rotatable bonds is 6. The molecule has 2 rings (SSSR count). The molecule has 6 nitrogen and oxygen atoms in total. The van der Waals surface area contributed by atoms with Crippen molar-refractivity contribution in [1.29, 1.82) is 5.26 Å². The Bertz CT molecular complexity index is 672. The number of nitrogens with zero attached hydrogens (tertiary/aromatic N) is 4. The van der Waals surface area contributed by atoms with Gasteiger partial charge >= 0.3 is 0 Å². The topological polar surface area (TPSA) is 71.2 Å². The molecular weight excluding hydrogens is 268 g/mol. The Morgan fingerprint density at radius 1 is 1.43 bits per heavy atom. The lowest BCUT2D eigenvalue weighted by molar-refractivity contribution is 0.0695. The number of hydrogen-bond acceptors (Lipinski definition) is 4. The van der Waals surface area contributed by atoms with Gasteiger partial charge < -0.3 is 9.64 Å². The van der Waals surface area contributed by atoms with Crippen molar-refractivity contribution >= 4 is 16.8 Å². The van der Waals surface area contributed by atoms with E-state index in [-0.39, 0.29) is 5.91 Å². The van der Waals surface area contributed by atoms with Crippen molar-refractivity contribution in [3.8, 4) is 6.07 Å². The van der Waals surface area contributed by atoms with Gasteiger partial charge in [-0.15, -0.1) is 0 Å². The largest absolute Gasteiger partial charge is 0.383 e. The zero-order chi connectivity index (χ0) is 15.2. The van der Waals surface area contributed by atoms with E-state index in [4.69, 9.17) is 10.00 Å². The van der Waals surface area contributed by atoms with Gasteiger partial charge in [0.25, 0.3) is 5.91 Å².